The lowest BCUT2D eigenvalue weighted by atomic mass is 10.1. The van der Waals surface area contributed by atoms with Gasteiger partial charge in [-0.05, 0) is 24.8 Å². The van der Waals surface area contributed by atoms with Crippen LogP contribution < -0.4 is 5.32 Å². The van der Waals surface area contributed by atoms with Crippen LogP contribution in [0.1, 0.15) is 44.3 Å². The lowest BCUT2D eigenvalue weighted by molar-refractivity contribution is -0.131. The summed E-state index contributed by atoms with van der Waals surface area (Å²) in [4.78, 5) is 14.6. The fourth-order valence-electron chi connectivity index (χ4n) is 2.92. The predicted octanol–water partition coefficient (Wildman–Crippen LogP) is 2.47. The molecular weight excluding hydrogens is 264 g/mol. The van der Waals surface area contributed by atoms with Gasteiger partial charge in [0.25, 0.3) is 0 Å². The van der Waals surface area contributed by atoms with Gasteiger partial charge in [0, 0.05) is 13.2 Å². The summed E-state index contributed by atoms with van der Waals surface area (Å²) in [6.45, 7) is 4.22. The maximum Gasteiger partial charge on any atom is 0.244 e. The van der Waals surface area contributed by atoms with Crippen molar-refractivity contribution in [2.45, 2.75) is 44.3 Å². The van der Waals surface area contributed by atoms with Crippen LogP contribution in [0.15, 0.2) is 30.3 Å². The van der Waals surface area contributed by atoms with Crippen LogP contribution in [0.25, 0.3) is 0 Å². The highest BCUT2D eigenvalue weighted by Gasteiger charge is 2.59. The van der Waals surface area contributed by atoms with Crippen LogP contribution >= 0.6 is 0 Å². The second-order valence-corrected chi connectivity index (χ2v) is 6.00. The summed E-state index contributed by atoms with van der Waals surface area (Å²) >= 11 is 0. The molecule has 4 nitrogen and oxygen atoms in total. The summed E-state index contributed by atoms with van der Waals surface area (Å²) < 4.78 is 5.64. The number of rotatable bonds is 7. The highest BCUT2D eigenvalue weighted by Crippen LogP contribution is 2.45. The van der Waals surface area contributed by atoms with E-state index in [4.69, 9.17) is 4.74 Å². The molecule has 1 aliphatic heterocycles. The minimum absolute atomic E-state index is 0.00373. The van der Waals surface area contributed by atoms with E-state index in [9.17, 15) is 4.79 Å². The van der Waals surface area contributed by atoms with E-state index in [1.54, 1.807) is 0 Å². The van der Waals surface area contributed by atoms with Gasteiger partial charge in [0.2, 0.25) is 5.91 Å². The minimum Gasteiger partial charge on any atom is -0.380 e. The fourth-order valence-corrected chi connectivity index (χ4v) is 2.92. The standard InChI is InChI=1S/C17H24N2O2/c1-2-3-12-21-13-11-19-15(14-7-5-4-6-8-14)18-17(9-10-17)16(19)20/h4-8,15,18H,2-3,9-13H2,1H3. The molecular formula is C17H24N2O2. The van der Waals surface area contributed by atoms with Crippen molar-refractivity contribution >= 4 is 5.91 Å². The van der Waals surface area contributed by atoms with Crippen LogP contribution in [0.2, 0.25) is 0 Å². The number of benzene rings is 1. The Morgan fingerprint density at radius 3 is 2.71 bits per heavy atom. The number of carbonyl (C=O) groups excluding carboxylic acids is 1. The van der Waals surface area contributed by atoms with Crippen LogP contribution in [0, 0.1) is 0 Å². The molecule has 2 fully saturated rings. The van der Waals surface area contributed by atoms with Gasteiger partial charge in [0.15, 0.2) is 0 Å². The third-order valence-corrected chi connectivity index (χ3v) is 4.38. The summed E-state index contributed by atoms with van der Waals surface area (Å²) in [5, 5.41) is 3.53. The Labute approximate surface area is 126 Å². The number of hydrogen-bond donors (Lipinski definition) is 1. The van der Waals surface area contributed by atoms with Gasteiger partial charge in [-0.3, -0.25) is 10.1 Å². The smallest absolute Gasteiger partial charge is 0.244 e. The van der Waals surface area contributed by atoms with Gasteiger partial charge in [0.05, 0.1) is 6.61 Å². The topological polar surface area (TPSA) is 41.6 Å². The molecule has 1 aliphatic carbocycles. The second kappa shape index (κ2) is 6.16. The van der Waals surface area contributed by atoms with E-state index >= 15 is 0 Å². The zero-order chi connectivity index (χ0) is 14.7. The Balaban J connectivity index is 1.65. The zero-order valence-corrected chi connectivity index (χ0v) is 12.7. The average Bonchev–Trinajstić information content (AvgIpc) is 3.25. The van der Waals surface area contributed by atoms with Gasteiger partial charge in [0.1, 0.15) is 11.7 Å². The fraction of sp³-hybridized carbons (Fsp3) is 0.588. The first-order valence-corrected chi connectivity index (χ1v) is 7.98. The van der Waals surface area contributed by atoms with Crippen molar-refractivity contribution in [2.24, 2.45) is 0 Å². The average molecular weight is 288 g/mol. The van der Waals surface area contributed by atoms with Gasteiger partial charge in [-0.2, -0.15) is 0 Å². The highest BCUT2D eigenvalue weighted by atomic mass is 16.5. The number of carbonyl (C=O) groups is 1. The van der Waals surface area contributed by atoms with Gasteiger partial charge in [-0.25, -0.2) is 0 Å². The Hall–Kier alpha value is -1.39. The van der Waals surface area contributed by atoms with Crippen molar-refractivity contribution in [3.63, 3.8) is 0 Å². The lowest BCUT2D eigenvalue weighted by Crippen LogP contribution is -2.34. The van der Waals surface area contributed by atoms with Gasteiger partial charge in [-0.1, -0.05) is 43.7 Å². The van der Waals surface area contributed by atoms with Crippen molar-refractivity contribution in [3.05, 3.63) is 35.9 Å². The molecule has 4 heteroatoms. The number of ether oxygens (including phenoxy) is 1. The Morgan fingerprint density at radius 2 is 2.05 bits per heavy atom. The van der Waals surface area contributed by atoms with Crippen LogP contribution in [0.5, 0.6) is 0 Å². The number of nitrogens with one attached hydrogen (secondary N) is 1. The Kier molecular flexibility index (Phi) is 4.27. The number of unbranched alkanes of at least 4 members (excludes halogenated alkanes) is 1. The van der Waals surface area contributed by atoms with Crippen molar-refractivity contribution < 1.29 is 9.53 Å². The first-order chi connectivity index (χ1) is 10.3. The summed E-state index contributed by atoms with van der Waals surface area (Å²) in [5.41, 5.74) is 0.882. The second-order valence-electron chi connectivity index (χ2n) is 6.00. The van der Waals surface area contributed by atoms with E-state index in [1.165, 1.54) is 0 Å². The summed E-state index contributed by atoms with van der Waals surface area (Å²) in [7, 11) is 0. The first-order valence-electron chi connectivity index (χ1n) is 7.98. The van der Waals surface area contributed by atoms with E-state index in [0.717, 1.165) is 37.9 Å². The van der Waals surface area contributed by atoms with Crippen LogP contribution in [0.4, 0.5) is 0 Å². The van der Waals surface area contributed by atoms with Gasteiger partial charge < -0.3 is 9.64 Å². The molecule has 1 unspecified atom stereocenters. The summed E-state index contributed by atoms with van der Waals surface area (Å²) in [5.74, 6) is 0.246. The predicted molar refractivity (Wildman–Crippen MR) is 81.7 cm³/mol. The molecule has 1 saturated carbocycles. The third kappa shape index (κ3) is 2.97. The van der Waals surface area contributed by atoms with E-state index in [0.29, 0.717) is 13.2 Å². The molecule has 114 valence electrons. The largest absolute Gasteiger partial charge is 0.380 e. The van der Waals surface area contributed by atoms with Crippen molar-refractivity contribution in [2.75, 3.05) is 19.8 Å². The van der Waals surface area contributed by atoms with E-state index in [1.807, 2.05) is 23.1 Å². The quantitative estimate of drug-likeness (QED) is 0.784. The van der Waals surface area contributed by atoms with E-state index in [-0.39, 0.29) is 17.6 Å². The first kappa shape index (κ1) is 14.5. The SMILES string of the molecule is CCCCOCCN1C(=O)C2(CC2)NC1c1ccccc1. The molecule has 1 heterocycles. The molecule has 0 aromatic heterocycles. The van der Waals surface area contributed by atoms with Gasteiger partial charge in [-0.15, -0.1) is 0 Å². The molecule has 1 N–H and O–H groups in total. The zero-order valence-electron chi connectivity index (χ0n) is 12.7. The Bertz CT molecular complexity index is 485. The normalized spacial score (nSPS) is 23.0. The van der Waals surface area contributed by atoms with E-state index in [2.05, 4.69) is 24.4 Å². The van der Waals surface area contributed by atoms with Crippen LogP contribution in [-0.4, -0.2) is 36.1 Å². The maximum absolute atomic E-state index is 12.6. The molecule has 1 spiro atoms. The minimum atomic E-state index is -0.274. The highest BCUT2D eigenvalue weighted by molar-refractivity contribution is 5.92. The van der Waals surface area contributed by atoms with Crippen molar-refractivity contribution in [1.29, 1.82) is 0 Å². The molecule has 21 heavy (non-hydrogen) atoms. The molecule has 0 bridgehead atoms. The monoisotopic (exact) mass is 288 g/mol. The summed E-state index contributed by atoms with van der Waals surface area (Å²) in [6, 6.07) is 10.2. The molecule has 1 aromatic rings. The number of nitrogens with zero attached hydrogens (tertiary/aromatic N) is 1. The third-order valence-electron chi connectivity index (χ3n) is 4.38. The molecule has 1 saturated heterocycles. The summed E-state index contributed by atoms with van der Waals surface area (Å²) in [6.07, 6.45) is 4.14. The lowest BCUT2D eigenvalue weighted by Gasteiger charge is -2.24. The number of amides is 1. The number of hydrogen-bond acceptors (Lipinski definition) is 3. The van der Waals surface area contributed by atoms with Crippen LogP contribution in [0.3, 0.4) is 0 Å². The van der Waals surface area contributed by atoms with Crippen molar-refractivity contribution in [1.82, 2.24) is 10.2 Å². The van der Waals surface area contributed by atoms with Crippen molar-refractivity contribution in [3.8, 4) is 0 Å². The molecule has 1 amide bonds. The molecule has 2 aliphatic rings. The van der Waals surface area contributed by atoms with Crippen LogP contribution in [-0.2, 0) is 9.53 Å². The van der Waals surface area contributed by atoms with E-state index < -0.39 is 0 Å². The molecule has 0 radical (unpaired) electrons. The molecule has 3 rings (SSSR count). The maximum atomic E-state index is 12.6. The molecule has 1 atom stereocenters. The Morgan fingerprint density at radius 1 is 1.29 bits per heavy atom. The van der Waals surface area contributed by atoms with Gasteiger partial charge >= 0.3 is 0 Å². The molecule has 1 aromatic carbocycles.